The molecule has 4 rings (SSSR count). The molecule has 1 aliphatic carbocycles. The summed E-state index contributed by atoms with van der Waals surface area (Å²) in [5.74, 6) is 0.0110. The summed E-state index contributed by atoms with van der Waals surface area (Å²) in [6.45, 7) is 1.06. The smallest absolute Gasteiger partial charge is 0.330 e. The highest BCUT2D eigenvalue weighted by molar-refractivity contribution is 6.01. The first kappa shape index (κ1) is 14.3. The minimum absolute atomic E-state index is 0.0110. The van der Waals surface area contributed by atoms with Crippen molar-refractivity contribution in [2.24, 2.45) is 0 Å². The molecule has 1 saturated heterocycles. The maximum atomic E-state index is 12.3. The Kier molecular flexibility index (Phi) is 3.37. The zero-order chi connectivity index (χ0) is 16.0. The van der Waals surface area contributed by atoms with Gasteiger partial charge in [0.25, 0.3) is 5.56 Å². The molecule has 7 heteroatoms. The van der Waals surface area contributed by atoms with Crippen LogP contribution in [0.25, 0.3) is 11.0 Å². The standard InChI is InChI=1S/C16H17N3O4/c20-12-5-1-4-10-11(12)7-17-14-13(10)15(21)18-16(22)19(14)8-9-3-2-6-23-9/h7,9H,1-6,8H2,(H,18,21,22). The number of aromatic amines is 1. The third-order valence-electron chi connectivity index (χ3n) is 4.66. The number of hydrogen-bond donors (Lipinski definition) is 1. The molecule has 3 heterocycles. The summed E-state index contributed by atoms with van der Waals surface area (Å²) < 4.78 is 7.05. The average molecular weight is 315 g/mol. The van der Waals surface area contributed by atoms with Crippen LogP contribution in [0.3, 0.4) is 0 Å². The van der Waals surface area contributed by atoms with Gasteiger partial charge >= 0.3 is 5.69 Å². The van der Waals surface area contributed by atoms with E-state index in [1.54, 1.807) is 0 Å². The van der Waals surface area contributed by atoms with Gasteiger partial charge in [0, 0.05) is 24.8 Å². The maximum Gasteiger partial charge on any atom is 0.330 e. The van der Waals surface area contributed by atoms with Crippen molar-refractivity contribution in [2.45, 2.75) is 44.8 Å². The third-order valence-corrected chi connectivity index (χ3v) is 4.66. The summed E-state index contributed by atoms with van der Waals surface area (Å²) in [7, 11) is 0. The molecule has 23 heavy (non-hydrogen) atoms. The van der Waals surface area contributed by atoms with E-state index < -0.39 is 11.2 Å². The van der Waals surface area contributed by atoms with Crippen LogP contribution in [0.4, 0.5) is 0 Å². The molecule has 120 valence electrons. The Labute approximate surface area is 131 Å². The molecule has 1 fully saturated rings. The first-order valence-electron chi connectivity index (χ1n) is 7.94. The van der Waals surface area contributed by atoms with Gasteiger partial charge < -0.3 is 4.74 Å². The Hall–Kier alpha value is -2.28. The lowest BCUT2D eigenvalue weighted by Crippen LogP contribution is -2.35. The summed E-state index contributed by atoms with van der Waals surface area (Å²) >= 11 is 0. The molecule has 0 amide bonds. The van der Waals surface area contributed by atoms with Gasteiger partial charge in [0.1, 0.15) is 5.65 Å². The molecule has 2 aromatic rings. The topological polar surface area (TPSA) is 94.0 Å². The normalized spacial score (nSPS) is 20.9. The van der Waals surface area contributed by atoms with Crippen LogP contribution in [-0.2, 0) is 17.7 Å². The third kappa shape index (κ3) is 2.31. The van der Waals surface area contributed by atoms with E-state index in [1.807, 2.05) is 0 Å². The van der Waals surface area contributed by atoms with Crippen molar-refractivity contribution < 1.29 is 9.53 Å². The molecule has 2 aliphatic rings. The van der Waals surface area contributed by atoms with Crippen molar-refractivity contribution in [3.63, 3.8) is 0 Å². The van der Waals surface area contributed by atoms with Gasteiger partial charge in [-0.05, 0) is 31.2 Å². The molecular formula is C16H17N3O4. The SMILES string of the molecule is O=C1CCCc2c1cnc1c2c(=O)[nH]c(=O)n1CC1CCCO1. The van der Waals surface area contributed by atoms with Crippen LogP contribution in [0.1, 0.15) is 41.6 Å². The molecule has 2 aromatic heterocycles. The highest BCUT2D eigenvalue weighted by atomic mass is 16.5. The number of nitrogens with one attached hydrogen (secondary N) is 1. The lowest BCUT2D eigenvalue weighted by molar-refractivity contribution is 0.0963. The second-order valence-electron chi connectivity index (χ2n) is 6.13. The van der Waals surface area contributed by atoms with Crippen molar-refractivity contribution in [3.8, 4) is 0 Å². The number of fused-ring (bicyclic) bond motifs is 3. The van der Waals surface area contributed by atoms with Crippen LogP contribution in [0.15, 0.2) is 15.8 Å². The number of ketones is 1. The van der Waals surface area contributed by atoms with Crippen molar-refractivity contribution >= 4 is 16.8 Å². The van der Waals surface area contributed by atoms with Crippen molar-refractivity contribution in [1.82, 2.24) is 14.5 Å². The molecule has 1 unspecified atom stereocenters. The van der Waals surface area contributed by atoms with Gasteiger partial charge in [-0.1, -0.05) is 0 Å². The zero-order valence-electron chi connectivity index (χ0n) is 12.6. The number of pyridine rings is 1. The molecule has 1 aliphatic heterocycles. The van der Waals surface area contributed by atoms with Crippen molar-refractivity contribution in [1.29, 1.82) is 0 Å². The summed E-state index contributed by atoms with van der Waals surface area (Å²) in [4.78, 5) is 43.2. The van der Waals surface area contributed by atoms with E-state index in [1.165, 1.54) is 10.8 Å². The molecule has 1 N–H and O–H groups in total. The molecule has 1 atom stereocenters. The Morgan fingerprint density at radius 3 is 2.91 bits per heavy atom. The Bertz CT molecular complexity index is 906. The number of carbonyl (C=O) groups excluding carboxylic acids is 1. The van der Waals surface area contributed by atoms with Gasteiger partial charge in [0.05, 0.1) is 18.0 Å². The minimum atomic E-state index is -0.479. The number of H-pyrrole nitrogens is 1. The number of rotatable bonds is 2. The van der Waals surface area contributed by atoms with E-state index in [0.29, 0.717) is 48.2 Å². The minimum Gasteiger partial charge on any atom is -0.376 e. The van der Waals surface area contributed by atoms with Crippen LogP contribution in [-0.4, -0.2) is 33.0 Å². The van der Waals surface area contributed by atoms with Crippen molar-refractivity contribution in [2.75, 3.05) is 6.61 Å². The lowest BCUT2D eigenvalue weighted by Gasteiger charge is -2.18. The van der Waals surface area contributed by atoms with Gasteiger partial charge in [-0.15, -0.1) is 0 Å². The van der Waals surface area contributed by atoms with Crippen LogP contribution in [0.2, 0.25) is 0 Å². The molecule has 0 radical (unpaired) electrons. The lowest BCUT2D eigenvalue weighted by atomic mass is 9.90. The number of aryl methyl sites for hydroxylation is 1. The Morgan fingerprint density at radius 1 is 1.26 bits per heavy atom. The fourth-order valence-electron chi connectivity index (χ4n) is 3.53. The first-order chi connectivity index (χ1) is 11.1. The fourth-order valence-corrected chi connectivity index (χ4v) is 3.53. The Balaban J connectivity index is 1.95. The number of nitrogens with zero attached hydrogens (tertiary/aromatic N) is 2. The molecular weight excluding hydrogens is 298 g/mol. The van der Waals surface area contributed by atoms with Gasteiger partial charge in [0.15, 0.2) is 5.78 Å². The molecule has 0 aromatic carbocycles. The van der Waals surface area contributed by atoms with Crippen LogP contribution in [0.5, 0.6) is 0 Å². The van der Waals surface area contributed by atoms with Gasteiger partial charge in [-0.2, -0.15) is 0 Å². The van der Waals surface area contributed by atoms with Crippen LogP contribution < -0.4 is 11.2 Å². The van der Waals surface area contributed by atoms with E-state index in [4.69, 9.17) is 4.74 Å². The first-order valence-corrected chi connectivity index (χ1v) is 7.94. The fraction of sp³-hybridized carbons (Fsp3) is 0.500. The van der Waals surface area contributed by atoms with Gasteiger partial charge in [0.2, 0.25) is 0 Å². The van der Waals surface area contributed by atoms with Crippen molar-refractivity contribution in [3.05, 3.63) is 38.2 Å². The Morgan fingerprint density at radius 2 is 2.13 bits per heavy atom. The predicted octanol–water partition coefficient (Wildman–Crippen LogP) is 0.783. The summed E-state index contributed by atoms with van der Waals surface area (Å²) in [5.41, 5.74) is 0.632. The predicted molar refractivity (Wildman–Crippen MR) is 82.9 cm³/mol. The maximum absolute atomic E-state index is 12.3. The highest BCUT2D eigenvalue weighted by Crippen LogP contribution is 2.25. The average Bonchev–Trinajstić information content (AvgIpc) is 3.04. The highest BCUT2D eigenvalue weighted by Gasteiger charge is 2.24. The molecule has 7 nitrogen and oxygen atoms in total. The monoisotopic (exact) mass is 315 g/mol. The molecule has 0 bridgehead atoms. The molecule has 0 spiro atoms. The van der Waals surface area contributed by atoms with Gasteiger partial charge in [-0.25, -0.2) is 9.78 Å². The van der Waals surface area contributed by atoms with E-state index in [2.05, 4.69) is 9.97 Å². The number of carbonyl (C=O) groups is 1. The summed E-state index contributed by atoms with van der Waals surface area (Å²) in [6.07, 6.45) is 5.17. The number of aromatic nitrogens is 3. The van der Waals surface area contributed by atoms with E-state index in [9.17, 15) is 14.4 Å². The van der Waals surface area contributed by atoms with Crippen LogP contribution in [0, 0.1) is 0 Å². The second kappa shape index (κ2) is 5.42. The quantitative estimate of drug-likeness (QED) is 0.884. The second-order valence-corrected chi connectivity index (χ2v) is 6.13. The van der Waals surface area contributed by atoms with Gasteiger partial charge in [-0.3, -0.25) is 19.1 Å². The van der Waals surface area contributed by atoms with E-state index in [-0.39, 0.29) is 11.9 Å². The van der Waals surface area contributed by atoms with E-state index >= 15 is 0 Å². The number of ether oxygens (including phenoxy) is 1. The number of hydrogen-bond acceptors (Lipinski definition) is 5. The summed E-state index contributed by atoms with van der Waals surface area (Å²) in [5, 5.41) is 0.369. The van der Waals surface area contributed by atoms with Crippen LogP contribution >= 0.6 is 0 Å². The summed E-state index contributed by atoms with van der Waals surface area (Å²) in [6, 6.07) is 0. The number of Topliss-reactive ketones (excluding diaryl/α,β-unsaturated/α-hetero) is 1. The van der Waals surface area contributed by atoms with E-state index in [0.717, 1.165) is 19.3 Å². The zero-order valence-corrected chi connectivity index (χ0v) is 12.6. The molecule has 0 saturated carbocycles. The largest absolute Gasteiger partial charge is 0.376 e.